The van der Waals surface area contributed by atoms with Gasteiger partial charge in [0.25, 0.3) is 0 Å². The summed E-state index contributed by atoms with van der Waals surface area (Å²) < 4.78 is 21.1. The van der Waals surface area contributed by atoms with E-state index in [1.165, 1.54) is 6.08 Å². The van der Waals surface area contributed by atoms with E-state index in [0.717, 1.165) is 5.57 Å². The van der Waals surface area contributed by atoms with E-state index in [4.69, 9.17) is 5.53 Å². The van der Waals surface area contributed by atoms with Crippen LogP contribution in [-0.4, -0.2) is 13.3 Å². The highest BCUT2D eigenvalue weighted by Gasteiger charge is 2.08. The van der Waals surface area contributed by atoms with E-state index in [9.17, 15) is 8.42 Å². The maximum absolute atomic E-state index is 10.6. The second kappa shape index (κ2) is 3.93. The van der Waals surface area contributed by atoms with Gasteiger partial charge in [0.05, 0.1) is 4.86 Å². The first-order chi connectivity index (χ1) is 6.15. The zero-order valence-electron chi connectivity index (χ0n) is 6.93. The molecule has 6 heteroatoms. The predicted molar refractivity (Wildman–Crippen MR) is 49.5 cm³/mol. The Hall–Kier alpha value is -1.52. The van der Waals surface area contributed by atoms with Crippen LogP contribution < -0.4 is 0 Å². The number of azide groups is 1. The summed E-state index contributed by atoms with van der Waals surface area (Å²) in [5.74, 6) is 0. The summed E-state index contributed by atoms with van der Waals surface area (Å²) in [5.41, 5.74) is 9.46. The maximum Gasteiger partial charge on any atom is 0.217 e. The average Bonchev–Trinajstić information content (AvgIpc) is 2.08. The van der Waals surface area contributed by atoms with Crippen LogP contribution in [0.2, 0.25) is 0 Å². The van der Waals surface area contributed by atoms with Crippen LogP contribution in [0.25, 0.3) is 10.4 Å². The molecule has 0 spiro atoms. The molecular formula is C7H7N3O2S. The van der Waals surface area contributed by atoms with Crippen molar-refractivity contribution in [3.8, 4) is 0 Å². The Balaban J connectivity index is 3.18. The van der Waals surface area contributed by atoms with E-state index in [2.05, 4.69) is 10.0 Å². The molecule has 68 valence electrons. The number of rotatable bonds is 1. The first-order valence-corrected chi connectivity index (χ1v) is 4.60. The van der Waals surface area contributed by atoms with Gasteiger partial charge in [-0.15, -0.1) is 0 Å². The lowest BCUT2D eigenvalue weighted by Gasteiger charge is -2.06. The molecule has 0 bridgehead atoms. The van der Waals surface area contributed by atoms with E-state index in [1.54, 1.807) is 13.0 Å². The standard InChI is InChI=1S/C7H7N3O2S/c1-5-2-3-6(13(11)12)4-7(5)9-10-8/h2-3H,4H2,1H3. The van der Waals surface area contributed by atoms with Crippen molar-refractivity contribution in [2.24, 2.45) is 5.11 Å². The van der Waals surface area contributed by atoms with Gasteiger partial charge in [-0.25, -0.2) is 0 Å². The van der Waals surface area contributed by atoms with Crippen LogP contribution in [0.5, 0.6) is 0 Å². The van der Waals surface area contributed by atoms with Gasteiger partial charge in [-0.3, -0.25) is 0 Å². The molecule has 1 aliphatic carbocycles. The normalized spacial score (nSPS) is 15.6. The molecule has 0 aromatic carbocycles. The van der Waals surface area contributed by atoms with Crippen LogP contribution in [0.1, 0.15) is 13.3 Å². The third-order valence-electron chi connectivity index (χ3n) is 1.70. The van der Waals surface area contributed by atoms with Crippen LogP contribution in [0.15, 0.2) is 28.5 Å². The second-order valence-corrected chi connectivity index (χ2v) is 3.52. The number of hydrogen-bond acceptors (Lipinski definition) is 3. The first-order valence-electron chi connectivity index (χ1n) is 3.53. The molecular weight excluding hydrogens is 190 g/mol. The SMILES string of the molecule is CC1=C(N=[N+]=[N-])CC(=S(=O)=O)C=C1. The van der Waals surface area contributed by atoms with Crippen molar-refractivity contribution < 1.29 is 8.42 Å². The molecule has 0 heterocycles. The average molecular weight is 197 g/mol. The van der Waals surface area contributed by atoms with Gasteiger partial charge >= 0.3 is 0 Å². The molecule has 13 heavy (non-hydrogen) atoms. The molecule has 1 rings (SSSR count). The zero-order valence-corrected chi connectivity index (χ0v) is 7.74. The summed E-state index contributed by atoms with van der Waals surface area (Å²) in [7, 11) is -2.23. The Kier molecular flexibility index (Phi) is 2.89. The van der Waals surface area contributed by atoms with Crippen LogP contribution in [0.4, 0.5) is 0 Å². The van der Waals surface area contributed by atoms with E-state index in [1.807, 2.05) is 0 Å². The number of allylic oxidation sites excluding steroid dienone is 4. The van der Waals surface area contributed by atoms with Gasteiger partial charge < -0.3 is 0 Å². The van der Waals surface area contributed by atoms with Crippen molar-refractivity contribution >= 4 is 15.2 Å². The van der Waals surface area contributed by atoms with Gasteiger partial charge in [0.1, 0.15) is 0 Å². The van der Waals surface area contributed by atoms with Crippen LogP contribution in [-0.2, 0) is 10.3 Å². The minimum absolute atomic E-state index is 0.183. The summed E-state index contributed by atoms with van der Waals surface area (Å²) in [5, 5.41) is 3.41. The Morgan fingerprint density at radius 1 is 1.54 bits per heavy atom. The molecule has 5 nitrogen and oxygen atoms in total. The van der Waals surface area contributed by atoms with Crippen molar-refractivity contribution in [2.45, 2.75) is 13.3 Å². The lowest BCUT2D eigenvalue weighted by molar-refractivity contribution is 0.627. The molecule has 0 saturated heterocycles. The van der Waals surface area contributed by atoms with E-state index in [0.29, 0.717) is 5.70 Å². The fourth-order valence-corrected chi connectivity index (χ4v) is 1.39. The van der Waals surface area contributed by atoms with Gasteiger partial charge in [0.2, 0.25) is 10.3 Å². The summed E-state index contributed by atoms with van der Waals surface area (Å²) >= 11 is 0. The Bertz CT molecular complexity index is 456. The molecule has 0 saturated carbocycles. The Labute approximate surface area is 76.5 Å². The summed E-state index contributed by atoms with van der Waals surface area (Å²) in [6.45, 7) is 1.77. The topological polar surface area (TPSA) is 82.9 Å². The van der Waals surface area contributed by atoms with Gasteiger partial charge in [0, 0.05) is 17.0 Å². The summed E-state index contributed by atoms with van der Waals surface area (Å²) in [6.07, 6.45) is 3.32. The third kappa shape index (κ3) is 2.21. The molecule has 0 amide bonds. The van der Waals surface area contributed by atoms with Crippen molar-refractivity contribution in [1.82, 2.24) is 0 Å². The fourth-order valence-electron chi connectivity index (χ4n) is 0.960. The van der Waals surface area contributed by atoms with Gasteiger partial charge in [-0.2, -0.15) is 8.42 Å². The highest BCUT2D eigenvalue weighted by atomic mass is 32.2. The molecule has 0 unspecified atom stereocenters. The van der Waals surface area contributed by atoms with Crippen molar-refractivity contribution in [2.75, 3.05) is 0 Å². The van der Waals surface area contributed by atoms with Crippen LogP contribution in [0.3, 0.4) is 0 Å². The zero-order chi connectivity index (χ0) is 9.84. The highest BCUT2D eigenvalue weighted by molar-refractivity contribution is 7.73. The first kappa shape index (κ1) is 9.57. The summed E-state index contributed by atoms with van der Waals surface area (Å²) in [4.78, 5) is 2.87. The fraction of sp³-hybridized carbons (Fsp3) is 0.286. The lowest BCUT2D eigenvalue weighted by atomic mass is 10.1. The van der Waals surface area contributed by atoms with Gasteiger partial charge in [-0.1, -0.05) is 11.2 Å². The molecule has 0 radical (unpaired) electrons. The lowest BCUT2D eigenvalue weighted by Crippen LogP contribution is -2.02. The second-order valence-electron chi connectivity index (χ2n) is 2.53. The molecule has 0 fully saturated rings. The number of hydrogen-bond donors (Lipinski definition) is 0. The van der Waals surface area contributed by atoms with Crippen molar-refractivity contribution in [3.05, 3.63) is 33.9 Å². The third-order valence-corrected chi connectivity index (χ3v) is 2.40. The largest absolute Gasteiger partial charge is 0.217 e. The molecule has 0 aromatic heterocycles. The molecule has 0 aliphatic heterocycles. The van der Waals surface area contributed by atoms with Crippen LogP contribution >= 0.6 is 0 Å². The van der Waals surface area contributed by atoms with Crippen molar-refractivity contribution in [1.29, 1.82) is 0 Å². The summed E-state index contributed by atoms with van der Waals surface area (Å²) in [6, 6.07) is 0. The maximum atomic E-state index is 10.6. The number of nitrogens with zero attached hydrogens (tertiary/aromatic N) is 3. The van der Waals surface area contributed by atoms with E-state index in [-0.39, 0.29) is 11.3 Å². The van der Waals surface area contributed by atoms with Crippen LogP contribution in [0, 0.1) is 0 Å². The van der Waals surface area contributed by atoms with E-state index >= 15 is 0 Å². The van der Waals surface area contributed by atoms with E-state index < -0.39 is 10.3 Å². The quantitative estimate of drug-likeness (QED) is 0.276. The minimum atomic E-state index is -2.23. The predicted octanol–water partition coefficient (Wildman–Crippen LogP) is 1.58. The molecule has 0 aromatic rings. The van der Waals surface area contributed by atoms with Gasteiger partial charge in [0.15, 0.2) is 0 Å². The monoisotopic (exact) mass is 197 g/mol. The minimum Gasteiger partial charge on any atom is -0.184 e. The highest BCUT2D eigenvalue weighted by Crippen LogP contribution is 2.17. The smallest absolute Gasteiger partial charge is 0.184 e. The Morgan fingerprint density at radius 2 is 2.23 bits per heavy atom. The molecule has 0 N–H and O–H groups in total. The molecule has 0 atom stereocenters. The van der Waals surface area contributed by atoms with Gasteiger partial charge in [-0.05, 0) is 24.1 Å². The van der Waals surface area contributed by atoms with Crippen molar-refractivity contribution in [3.63, 3.8) is 0 Å². The Morgan fingerprint density at radius 3 is 2.77 bits per heavy atom. The molecule has 1 aliphatic rings.